The maximum absolute atomic E-state index is 12.9. The molecule has 1 aromatic rings. The number of hydrogen-bond donors (Lipinski definition) is 0. The largest absolute Gasteiger partial charge is 0.298 e. The van der Waals surface area contributed by atoms with Gasteiger partial charge in [0.15, 0.2) is 0 Å². The summed E-state index contributed by atoms with van der Waals surface area (Å²) >= 11 is 0. The van der Waals surface area contributed by atoms with E-state index in [1.807, 2.05) is 0 Å². The Balaban J connectivity index is 1.68. The molecule has 0 saturated heterocycles. The molecule has 1 heterocycles. The van der Waals surface area contributed by atoms with Gasteiger partial charge in [0.2, 0.25) is 0 Å². The number of nitrogens with zero attached hydrogens (tertiary/aromatic N) is 1. The van der Waals surface area contributed by atoms with Crippen LogP contribution in [0.5, 0.6) is 0 Å². The standard InChI is InChI=1S/C14H17F2N/c1-10-2-3-11-4-5-17(8-12(11)6-10)9-13-7-14(13,15)16/h2-3,6,13H,4-5,7-9H2,1H3. The Morgan fingerprint density at radius 3 is 2.82 bits per heavy atom. The topological polar surface area (TPSA) is 3.24 Å². The van der Waals surface area contributed by atoms with Gasteiger partial charge in [-0.3, -0.25) is 4.90 Å². The molecule has 1 aliphatic carbocycles. The van der Waals surface area contributed by atoms with E-state index < -0.39 is 11.8 Å². The van der Waals surface area contributed by atoms with Crippen LogP contribution in [0.1, 0.15) is 23.1 Å². The van der Waals surface area contributed by atoms with Crippen LogP contribution in [-0.2, 0) is 13.0 Å². The first-order chi connectivity index (χ1) is 8.04. The van der Waals surface area contributed by atoms with E-state index in [-0.39, 0.29) is 6.42 Å². The lowest BCUT2D eigenvalue weighted by molar-refractivity contribution is 0.0853. The Kier molecular flexibility index (Phi) is 2.47. The second-order valence-corrected chi connectivity index (χ2v) is 5.42. The van der Waals surface area contributed by atoms with E-state index >= 15 is 0 Å². The SMILES string of the molecule is Cc1ccc2c(c1)CN(CC1CC1(F)F)CC2. The van der Waals surface area contributed by atoms with Gasteiger partial charge in [-0.25, -0.2) is 8.78 Å². The summed E-state index contributed by atoms with van der Waals surface area (Å²) in [5, 5.41) is 0. The molecule has 1 saturated carbocycles. The minimum absolute atomic E-state index is 0.0875. The monoisotopic (exact) mass is 237 g/mol. The number of halogens is 2. The molecule has 92 valence electrons. The highest BCUT2D eigenvalue weighted by Gasteiger charge is 2.56. The van der Waals surface area contributed by atoms with Crippen molar-refractivity contribution in [2.75, 3.05) is 13.1 Å². The van der Waals surface area contributed by atoms with E-state index in [0.717, 1.165) is 19.5 Å². The van der Waals surface area contributed by atoms with Crippen molar-refractivity contribution in [3.8, 4) is 0 Å². The lowest BCUT2D eigenvalue weighted by Crippen LogP contribution is -2.33. The van der Waals surface area contributed by atoms with Crippen molar-refractivity contribution in [3.05, 3.63) is 34.9 Å². The van der Waals surface area contributed by atoms with Gasteiger partial charge in [-0.1, -0.05) is 23.8 Å². The van der Waals surface area contributed by atoms with E-state index in [2.05, 4.69) is 30.0 Å². The van der Waals surface area contributed by atoms with Gasteiger partial charge in [0.1, 0.15) is 0 Å². The van der Waals surface area contributed by atoms with Gasteiger partial charge in [-0.2, -0.15) is 0 Å². The number of benzene rings is 1. The van der Waals surface area contributed by atoms with E-state index in [1.165, 1.54) is 16.7 Å². The van der Waals surface area contributed by atoms with Crippen molar-refractivity contribution in [2.24, 2.45) is 5.92 Å². The summed E-state index contributed by atoms with van der Waals surface area (Å²) in [5.41, 5.74) is 3.96. The summed E-state index contributed by atoms with van der Waals surface area (Å²) in [6.07, 6.45) is 1.08. The second-order valence-electron chi connectivity index (χ2n) is 5.42. The zero-order chi connectivity index (χ0) is 12.0. The smallest absolute Gasteiger partial charge is 0.252 e. The summed E-state index contributed by atoms with van der Waals surface area (Å²) in [5.74, 6) is -2.78. The van der Waals surface area contributed by atoms with Crippen molar-refractivity contribution in [1.82, 2.24) is 4.90 Å². The Morgan fingerprint density at radius 1 is 1.35 bits per heavy atom. The van der Waals surface area contributed by atoms with Crippen LogP contribution in [0.25, 0.3) is 0 Å². The summed E-state index contributed by atoms with van der Waals surface area (Å²) in [4.78, 5) is 2.17. The van der Waals surface area contributed by atoms with Crippen LogP contribution in [-0.4, -0.2) is 23.9 Å². The van der Waals surface area contributed by atoms with Crippen LogP contribution < -0.4 is 0 Å². The zero-order valence-corrected chi connectivity index (χ0v) is 10.0. The fourth-order valence-electron chi connectivity index (χ4n) is 2.68. The van der Waals surface area contributed by atoms with Gasteiger partial charge < -0.3 is 0 Å². The number of fused-ring (bicyclic) bond motifs is 1. The average Bonchev–Trinajstić information content (AvgIpc) is 2.85. The van der Waals surface area contributed by atoms with E-state index in [1.54, 1.807) is 0 Å². The quantitative estimate of drug-likeness (QED) is 0.764. The first kappa shape index (κ1) is 11.1. The molecule has 0 N–H and O–H groups in total. The van der Waals surface area contributed by atoms with Gasteiger partial charge >= 0.3 is 0 Å². The van der Waals surface area contributed by atoms with Crippen molar-refractivity contribution in [3.63, 3.8) is 0 Å². The molecule has 1 nitrogen and oxygen atoms in total. The molecule has 2 aliphatic rings. The molecule has 0 spiro atoms. The molecule has 0 bridgehead atoms. The molecule has 3 rings (SSSR count). The van der Waals surface area contributed by atoms with Gasteiger partial charge in [-0.15, -0.1) is 0 Å². The highest BCUT2D eigenvalue weighted by atomic mass is 19.3. The van der Waals surface area contributed by atoms with Crippen LogP contribution in [0.4, 0.5) is 8.78 Å². The van der Waals surface area contributed by atoms with Gasteiger partial charge in [0.05, 0.1) is 0 Å². The molecule has 0 aromatic heterocycles. The molecule has 1 fully saturated rings. The van der Waals surface area contributed by atoms with E-state index in [9.17, 15) is 8.78 Å². The normalized spacial score (nSPS) is 26.6. The third-order valence-corrected chi connectivity index (χ3v) is 3.89. The second kappa shape index (κ2) is 3.77. The summed E-state index contributed by atoms with van der Waals surface area (Å²) < 4.78 is 25.8. The first-order valence-electron chi connectivity index (χ1n) is 6.23. The number of hydrogen-bond acceptors (Lipinski definition) is 1. The Hall–Kier alpha value is -0.960. The maximum atomic E-state index is 12.9. The summed E-state index contributed by atoms with van der Waals surface area (Å²) in [6.45, 7) is 4.39. The van der Waals surface area contributed by atoms with Crippen LogP contribution in [0.2, 0.25) is 0 Å². The van der Waals surface area contributed by atoms with Crippen molar-refractivity contribution < 1.29 is 8.78 Å². The van der Waals surface area contributed by atoms with Gasteiger partial charge in [-0.05, 0) is 24.5 Å². The van der Waals surface area contributed by atoms with Crippen LogP contribution in [0, 0.1) is 12.8 Å². The van der Waals surface area contributed by atoms with Crippen molar-refractivity contribution in [2.45, 2.75) is 32.2 Å². The predicted octanol–water partition coefficient (Wildman–Crippen LogP) is 3.01. The Bertz CT molecular complexity index is 442. The molecule has 0 amide bonds. The Labute approximate surface area is 100 Å². The summed E-state index contributed by atoms with van der Waals surface area (Å²) in [7, 11) is 0. The first-order valence-corrected chi connectivity index (χ1v) is 6.23. The lowest BCUT2D eigenvalue weighted by Gasteiger charge is -2.29. The zero-order valence-electron chi connectivity index (χ0n) is 10.0. The third kappa shape index (κ3) is 2.21. The van der Waals surface area contributed by atoms with E-state index in [4.69, 9.17) is 0 Å². The van der Waals surface area contributed by atoms with Crippen molar-refractivity contribution >= 4 is 0 Å². The molecule has 1 atom stereocenters. The van der Waals surface area contributed by atoms with Gasteiger partial charge in [0.25, 0.3) is 5.92 Å². The summed E-state index contributed by atoms with van der Waals surface area (Å²) in [6, 6.07) is 6.49. The van der Waals surface area contributed by atoms with Crippen LogP contribution in [0.15, 0.2) is 18.2 Å². The highest BCUT2D eigenvalue weighted by Crippen LogP contribution is 2.49. The van der Waals surface area contributed by atoms with Crippen molar-refractivity contribution in [1.29, 1.82) is 0 Å². The molecule has 1 aromatic carbocycles. The molecule has 3 heteroatoms. The minimum atomic E-state index is -2.38. The number of alkyl halides is 2. The lowest BCUT2D eigenvalue weighted by atomic mass is 9.97. The molecule has 1 aliphatic heterocycles. The molecule has 0 radical (unpaired) electrons. The minimum Gasteiger partial charge on any atom is -0.298 e. The van der Waals surface area contributed by atoms with Gasteiger partial charge in [0, 0.05) is 32.0 Å². The Morgan fingerprint density at radius 2 is 2.12 bits per heavy atom. The molecular formula is C14H17F2N. The fraction of sp³-hybridized carbons (Fsp3) is 0.571. The fourth-order valence-corrected chi connectivity index (χ4v) is 2.68. The van der Waals surface area contributed by atoms with Crippen LogP contribution in [0.3, 0.4) is 0 Å². The molecule has 17 heavy (non-hydrogen) atoms. The highest BCUT2D eigenvalue weighted by molar-refractivity contribution is 5.33. The number of rotatable bonds is 2. The molecular weight excluding hydrogens is 220 g/mol. The maximum Gasteiger partial charge on any atom is 0.252 e. The third-order valence-electron chi connectivity index (χ3n) is 3.89. The number of aryl methyl sites for hydroxylation is 1. The molecule has 1 unspecified atom stereocenters. The predicted molar refractivity (Wildman–Crippen MR) is 63.2 cm³/mol. The van der Waals surface area contributed by atoms with Crippen LogP contribution >= 0.6 is 0 Å². The average molecular weight is 237 g/mol. The van der Waals surface area contributed by atoms with E-state index in [0.29, 0.717) is 6.54 Å².